The van der Waals surface area contributed by atoms with Crippen LogP contribution in [0.15, 0.2) is 43.1 Å². The van der Waals surface area contributed by atoms with Gasteiger partial charge in [0.25, 0.3) is 0 Å². The number of fused-ring (bicyclic) bond motifs is 2. The summed E-state index contributed by atoms with van der Waals surface area (Å²) in [7, 11) is 1.82. The zero-order valence-corrected chi connectivity index (χ0v) is 19.4. The molecule has 1 unspecified atom stereocenters. The maximum Gasteiger partial charge on any atom is 0.224 e. The molecular formula is C24H26ClN7O. The minimum Gasteiger partial charge on any atom is -0.375 e. The number of aliphatic hydroxyl groups excluding tert-OH is 1. The number of piperazine rings is 1. The number of aryl methyl sites for hydroxylation is 1. The average Bonchev–Trinajstić information content (AvgIpc) is 3.32. The van der Waals surface area contributed by atoms with E-state index in [9.17, 15) is 5.11 Å². The van der Waals surface area contributed by atoms with E-state index in [0.717, 1.165) is 57.4 Å². The molecule has 0 radical (unpaired) electrons. The molecule has 0 bridgehead atoms. The first-order valence-electron chi connectivity index (χ1n) is 10.9. The fourth-order valence-electron chi connectivity index (χ4n) is 4.51. The molecule has 1 aliphatic heterocycles. The van der Waals surface area contributed by atoms with Crippen molar-refractivity contribution in [2.75, 3.05) is 43.4 Å². The van der Waals surface area contributed by atoms with E-state index in [-0.39, 0.29) is 0 Å². The molecule has 2 aromatic carbocycles. The molecule has 0 amide bonds. The van der Waals surface area contributed by atoms with Crippen LogP contribution in [-0.2, 0) is 0 Å². The summed E-state index contributed by atoms with van der Waals surface area (Å²) in [5, 5.41) is 23.0. The molecular weight excluding hydrogens is 438 g/mol. The van der Waals surface area contributed by atoms with Gasteiger partial charge in [-0.3, -0.25) is 10.00 Å². The maximum absolute atomic E-state index is 10.1. The van der Waals surface area contributed by atoms with Gasteiger partial charge in [-0.15, -0.1) is 0 Å². The smallest absolute Gasteiger partial charge is 0.224 e. The largest absolute Gasteiger partial charge is 0.375 e. The number of aliphatic hydroxyl groups is 1. The monoisotopic (exact) mass is 463 g/mol. The van der Waals surface area contributed by atoms with Crippen LogP contribution in [0.25, 0.3) is 32.9 Å². The molecule has 170 valence electrons. The van der Waals surface area contributed by atoms with Crippen LogP contribution in [0.2, 0.25) is 5.02 Å². The normalized spacial score (nSPS) is 15.8. The summed E-state index contributed by atoms with van der Waals surface area (Å²) in [5.74, 6) is 1.39. The SMILES string of the molecule is C=CC(O)N1CCN(c2nc(NC)nc3cc(-c4c(C)ccc5[nH]ncc45)c(Cl)cc23)CC1. The van der Waals surface area contributed by atoms with Crippen LogP contribution in [0.5, 0.6) is 0 Å². The van der Waals surface area contributed by atoms with Crippen molar-refractivity contribution in [1.29, 1.82) is 0 Å². The van der Waals surface area contributed by atoms with Crippen LogP contribution >= 0.6 is 11.6 Å². The van der Waals surface area contributed by atoms with Crippen LogP contribution in [0.1, 0.15) is 5.56 Å². The second-order valence-corrected chi connectivity index (χ2v) is 8.64. The van der Waals surface area contributed by atoms with Crippen molar-refractivity contribution in [1.82, 2.24) is 25.1 Å². The summed E-state index contributed by atoms with van der Waals surface area (Å²) in [4.78, 5) is 13.7. The number of anilines is 2. The fraction of sp³-hybridized carbons (Fsp3) is 0.292. The standard InChI is InChI=1S/C24H26ClN7O/c1-4-21(33)31-7-9-32(10-8-31)23-16-11-18(25)15(12-20(16)28-24(26-3)29-23)22-14(2)5-6-19-17(22)13-27-30-19/h4-6,11-13,21,33H,1,7-10H2,2-3H3,(H,27,30)(H,26,28,29). The highest BCUT2D eigenvalue weighted by Crippen LogP contribution is 2.39. The predicted octanol–water partition coefficient (Wildman–Crippen LogP) is 3.80. The summed E-state index contributed by atoms with van der Waals surface area (Å²) in [6.07, 6.45) is 2.76. The third kappa shape index (κ3) is 3.80. The molecule has 4 aromatic rings. The van der Waals surface area contributed by atoms with Gasteiger partial charge in [-0.25, -0.2) is 4.98 Å². The number of aromatic nitrogens is 4. The summed E-state index contributed by atoms with van der Waals surface area (Å²) in [6.45, 7) is 8.64. The molecule has 0 saturated carbocycles. The fourth-order valence-corrected chi connectivity index (χ4v) is 4.77. The van der Waals surface area contributed by atoms with Gasteiger partial charge in [0.1, 0.15) is 12.0 Å². The Kier molecular flexibility index (Phi) is 5.65. The van der Waals surface area contributed by atoms with Gasteiger partial charge < -0.3 is 15.3 Å². The quantitative estimate of drug-likeness (QED) is 0.387. The van der Waals surface area contributed by atoms with Crippen molar-refractivity contribution in [3.8, 4) is 11.1 Å². The van der Waals surface area contributed by atoms with Crippen LogP contribution in [0.3, 0.4) is 0 Å². The number of nitrogens with zero attached hydrogens (tertiary/aromatic N) is 5. The lowest BCUT2D eigenvalue weighted by atomic mass is 9.96. The number of hydrogen-bond acceptors (Lipinski definition) is 7. The highest BCUT2D eigenvalue weighted by molar-refractivity contribution is 6.35. The van der Waals surface area contributed by atoms with Crippen molar-refractivity contribution in [3.05, 3.63) is 53.7 Å². The van der Waals surface area contributed by atoms with Crippen molar-refractivity contribution >= 4 is 45.2 Å². The highest BCUT2D eigenvalue weighted by Gasteiger charge is 2.24. The number of nitrogens with one attached hydrogen (secondary N) is 2. The molecule has 1 fully saturated rings. The van der Waals surface area contributed by atoms with Crippen molar-refractivity contribution in [3.63, 3.8) is 0 Å². The summed E-state index contributed by atoms with van der Waals surface area (Å²) in [5.41, 5.74) is 4.86. The molecule has 3 N–H and O–H groups in total. The lowest BCUT2D eigenvalue weighted by molar-refractivity contribution is 0.0380. The number of hydrogen-bond donors (Lipinski definition) is 3. The van der Waals surface area contributed by atoms with Crippen LogP contribution in [0.4, 0.5) is 11.8 Å². The first-order valence-corrected chi connectivity index (χ1v) is 11.3. The van der Waals surface area contributed by atoms with Crippen molar-refractivity contribution in [2.24, 2.45) is 0 Å². The molecule has 8 nitrogen and oxygen atoms in total. The maximum atomic E-state index is 10.1. The molecule has 0 spiro atoms. The van der Waals surface area contributed by atoms with E-state index in [4.69, 9.17) is 21.6 Å². The van der Waals surface area contributed by atoms with Gasteiger partial charge in [0.15, 0.2) is 0 Å². The third-order valence-electron chi connectivity index (χ3n) is 6.29. The second-order valence-electron chi connectivity index (χ2n) is 8.23. The van der Waals surface area contributed by atoms with Crippen LogP contribution in [0, 0.1) is 6.92 Å². The number of aromatic amines is 1. The Balaban J connectivity index is 1.62. The van der Waals surface area contributed by atoms with Gasteiger partial charge in [0, 0.05) is 54.6 Å². The molecule has 33 heavy (non-hydrogen) atoms. The average molecular weight is 464 g/mol. The summed E-state index contributed by atoms with van der Waals surface area (Å²) < 4.78 is 0. The van der Waals surface area contributed by atoms with E-state index in [1.807, 2.05) is 36.3 Å². The number of halogens is 1. The van der Waals surface area contributed by atoms with Crippen LogP contribution in [-0.4, -0.2) is 69.6 Å². The molecule has 1 saturated heterocycles. The third-order valence-corrected chi connectivity index (χ3v) is 6.60. The van der Waals surface area contributed by atoms with Crippen molar-refractivity contribution in [2.45, 2.75) is 13.2 Å². The lowest BCUT2D eigenvalue weighted by Gasteiger charge is -2.37. The minimum atomic E-state index is -0.631. The molecule has 5 rings (SSSR count). The molecule has 9 heteroatoms. The summed E-state index contributed by atoms with van der Waals surface area (Å²) >= 11 is 6.87. The Bertz CT molecular complexity index is 1340. The molecule has 2 aromatic heterocycles. The van der Waals surface area contributed by atoms with Gasteiger partial charge in [0.2, 0.25) is 5.95 Å². The van der Waals surface area contributed by atoms with Gasteiger partial charge in [-0.05, 0) is 42.3 Å². The lowest BCUT2D eigenvalue weighted by Crippen LogP contribution is -2.50. The molecule has 0 aliphatic carbocycles. The Hall–Kier alpha value is -3.20. The number of H-pyrrole nitrogens is 1. The minimum absolute atomic E-state index is 0.553. The molecule has 1 aliphatic rings. The zero-order valence-electron chi connectivity index (χ0n) is 18.6. The van der Waals surface area contributed by atoms with E-state index in [1.54, 1.807) is 6.08 Å². The Morgan fingerprint density at radius 1 is 1.18 bits per heavy atom. The Labute approximate surface area is 196 Å². The summed E-state index contributed by atoms with van der Waals surface area (Å²) in [6, 6.07) is 8.09. The van der Waals surface area contributed by atoms with E-state index in [0.29, 0.717) is 24.1 Å². The first-order chi connectivity index (χ1) is 16.0. The van der Waals surface area contributed by atoms with E-state index in [1.165, 1.54) is 0 Å². The number of rotatable bonds is 5. The molecule has 3 heterocycles. The van der Waals surface area contributed by atoms with E-state index < -0.39 is 6.23 Å². The Morgan fingerprint density at radius 2 is 1.97 bits per heavy atom. The van der Waals surface area contributed by atoms with Gasteiger partial charge in [-0.2, -0.15) is 10.1 Å². The van der Waals surface area contributed by atoms with E-state index >= 15 is 0 Å². The predicted molar refractivity (Wildman–Crippen MR) is 134 cm³/mol. The first kappa shape index (κ1) is 21.6. The second kappa shape index (κ2) is 8.62. The Morgan fingerprint density at radius 3 is 2.70 bits per heavy atom. The zero-order chi connectivity index (χ0) is 23.1. The highest BCUT2D eigenvalue weighted by atomic mass is 35.5. The van der Waals surface area contributed by atoms with Gasteiger partial charge in [-0.1, -0.05) is 24.2 Å². The molecule has 1 atom stereocenters. The van der Waals surface area contributed by atoms with Gasteiger partial charge >= 0.3 is 0 Å². The topological polar surface area (TPSA) is 93.2 Å². The number of benzene rings is 2. The van der Waals surface area contributed by atoms with Gasteiger partial charge in [0.05, 0.1) is 17.2 Å². The van der Waals surface area contributed by atoms with Crippen LogP contribution < -0.4 is 10.2 Å². The van der Waals surface area contributed by atoms with Crippen molar-refractivity contribution < 1.29 is 5.11 Å². The van der Waals surface area contributed by atoms with E-state index in [2.05, 4.69) is 40.0 Å².